The smallest absolute Gasteiger partial charge is 0.289 e. The maximum Gasteiger partial charge on any atom is 0.411 e. The van der Waals surface area contributed by atoms with Gasteiger partial charge in [0.1, 0.15) is 5.82 Å². The summed E-state index contributed by atoms with van der Waals surface area (Å²) < 4.78 is 97.1. The van der Waals surface area contributed by atoms with Crippen LogP contribution in [0.25, 0.3) is 0 Å². The van der Waals surface area contributed by atoms with Crippen molar-refractivity contribution in [3.05, 3.63) is 107 Å². The Morgan fingerprint density at radius 3 is 1.40 bits per heavy atom. The fourth-order valence-electron chi connectivity index (χ4n) is 3.31. The standard InChI is InChI=1S/C22H13F7O/c23-18-12-10-17(11-13-18)20(21(24,25)26,22(27,28)29)16-8-6-15(7-9-16)19(30)14-4-2-1-3-5-14/h1-13H. The number of carbonyl (C=O) groups excluding carboxylic acids is 1. The highest BCUT2D eigenvalue weighted by Gasteiger charge is 2.72. The third-order valence-electron chi connectivity index (χ3n) is 4.74. The highest BCUT2D eigenvalue weighted by Crippen LogP contribution is 2.56. The van der Waals surface area contributed by atoms with Gasteiger partial charge in [-0.1, -0.05) is 66.7 Å². The first-order chi connectivity index (χ1) is 14.0. The number of rotatable bonds is 4. The molecule has 0 saturated heterocycles. The van der Waals surface area contributed by atoms with Gasteiger partial charge < -0.3 is 0 Å². The molecule has 0 bridgehead atoms. The normalized spacial score (nSPS) is 12.6. The van der Waals surface area contributed by atoms with E-state index < -0.39 is 40.5 Å². The lowest BCUT2D eigenvalue weighted by Gasteiger charge is -2.38. The molecule has 0 aromatic heterocycles. The van der Waals surface area contributed by atoms with E-state index in [1.807, 2.05) is 0 Å². The third-order valence-corrected chi connectivity index (χ3v) is 4.74. The molecule has 0 N–H and O–H groups in total. The Labute approximate surface area is 166 Å². The van der Waals surface area contributed by atoms with Crippen LogP contribution in [-0.2, 0) is 5.41 Å². The van der Waals surface area contributed by atoms with Crippen LogP contribution in [0.3, 0.4) is 0 Å². The van der Waals surface area contributed by atoms with Gasteiger partial charge in [-0.3, -0.25) is 4.79 Å². The zero-order valence-corrected chi connectivity index (χ0v) is 15.1. The Hall–Kier alpha value is -3.16. The van der Waals surface area contributed by atoms with Gasteiger partial charge in [0.25, 0.3) is 0 Å². The first kappa shape index (κ1) is 21.5. The predicted octanol–water partition coefficient (Wildman–Crippen LogP) is 6.47. The predicted molar refractivity (Wildman–Crippen MR) is 95.6 cm³/mol. The monoisotopic (exact) mass is 426 g/mol. The van der Waals surface area contributed by atoms with Crippen LogP contribution >= 0.6 is 0 Å². The summed E-state index contributed by atoms with van der Waals surface area (Å²) in [7, 11) is 0. The number of benzene rings is 3. The van der Waals surface area contributed by atoms with Gasteiger partial charge in [0.15, 0.2) is 5.78 Å². The van der Waals surface area contributed by atoms with E-state index in [0.29, 0.717) is 36.4 Å². The summed E-state index contributed by atoms with van der Waals surface area (Å²) in [6, 6.07) is 12.8. The lowest BCUT2D eigenvalue weighted by Crippen LogP contribution is -2.54. The van der Waals surface area contributed by atoms with Crippen LogP contribution < -0.4 is 0 Å². The highest BCUT2D eigenvalue weighted by atomic mass is 19.4. The van der Waals surface area contributed by atoms with Crippen LogP contribution in [0.2, 0.25) is 0 Å². The van der Waals surface area contributed by atoms with Crippen LogP contribution in [0.1, 0.15) is 27.0 Å². The molecule has 1 nitrogen and oxygen atoms in total. The van der Waals surface area contributed by atoms with E-state index in [2.05, 4.69) is 0 Å². The Kier molecular flexibility index (Phi) is 5.45. The van der Waals surface area contributed by atoms with Crippen LogP contribution in [-0.4, -0.2) is 18.1 Å². The molecule has 30 heavy (non-hydrogen) atoms. The van der Waals surface area contributed by atoms with Gasteiger partial charge in [0.2, 0.25) is 5.41 Å². The molecule has 3 rings (SSSR count). The van der Waals surface area contributed by atoms with Crippen molar-refractivity contribution in [1.29, 1.82) is 0 Å². The Morgan fingerprint density at radius 1 is 0.567 bits per heavy atom. The van der Waals surface area contributed by atoms with Crippen molar-refractivity contribution >= 4 is 5.78 Å². The second-order valence-corrected chi connectivity index (χ2v) is 6.52. The first-order valence-corrected chi connectivity index (χ1v) is 8.58. The largest absolute Gasteiger partial charge is 0.411 e. The number of alkyl halides is 6. The van der Waals surface area contributed by atoms with E-state index >= 15 is 0 Å². The Balaban J connectivity index is 2.17. The summed E-state index contributed by atoms with van der Waals surface area (Å²) in [6.45, 7) is 0. The number of carbonyl (C=O) groups is 1. The van der Waals surface area contributed by atoms with Gasteiger partial charge in [-0.15, -0.1) is 0 Å². The second kappa shape index (κ2) is 7.59. The molecule has 0 unspecified atom stereocenters. The quantitative estimate of drug-likeness (QED) is 0.345. The molecular formula is C22H13F7O. The van der Waals surface area contributed by atoms with Gasteiger partial charge in [0.05, 0.1) is 0 Å². The summed E-state index contributed by atoms with van der Waals surface area (Å²) in [4.78, 5) is 12.4. The summed E-state index contributed by atoms with van der Waals surface area (Å²) in [5.41, 5.74) is -6.52. The third kappa shape index (κ3) is 3.58. The van der Waals surface area contributed by atoms with Crippen molar-refractivity contribution < 1.29 is 35.5 Å². The van der Waals surface area contributed by atoms with Crippen molar-refractivity contribution in [2.75, 3.05) is 0 Å². The zero-order valence-electron chi connectivity index (χ0n) is 15.1. The van der Waals surface area contributed by atoms with E-state index in [1.54, 1.807) is 18.2 Å². The van der Waals surface area contributed by atoms with Gasteiger partial charge in [-0.2, -0.15) is 26.3 Å². The molecule has 0 radical (unpaired) electrons. The fourth-order valence-corrected chi connectivity index (χ4v) is 3.31. The molecule has 0 aliphatic carbocycles. The molecule has 0 heterocycles. The summed E-state index contributed by atoms with van der Waals surface area (Å²) >= 11 is 0. The van der Waals surface area contributed by atoms with Crippen molar-refractivity contribution in [1.82, 2.24) is 0 Å². The Morgan fingerprint density at radius 2 is 0.967 bits per heavy atom. The molecule has 0 spiro atoms. The van der Waals surface area contributed by atoms with Gasteiger partial charge in [-0.25, -0.2) is 4.39 Å². The molecule has 0 saturated carbocycles. The van der Waals surface area contributed by atoms with E-state index in [9.17, 15) is 35.5 Å². The minimum Gasteiger partial charge on any atom is -0.289 e. The molecule has 156 valence electrons. The lowest BCUT2D eigenvalue weighted by atomic mass is 9.72. The van der Waals surface area contributed by atoms with E-state index in [1.165, 1.54) is 12.1 Å². The fraction of sp³-hybridized carbons (Fsp3) is 0.136. The summed E-state index contributed by atoms with van der Waals surface area (Å²) in [5.74, 6) is -1.52. The Bertz CT molecular complexity index is 1000. The van der Waals surface area contributed by atoms with Crippen molar-refractivity contribution in [3.63, 3.8) is 0 Å². The maximum absolute atomic E-state index is 14.0. The van der Waals surface area contributed by atoms with Gasteiger partial charge in [0, 0.05) is 11.1 Å². The summed E-state index contributed by atoms with van der Waals surface area (Å²) in [6.07, 6.45) is -11.6. The van der Waals surface area contributed by atoms with Crippen molar-refractivity contribution in [3.8, 4) is 0 Å². The molecule has 3 aromatic rings. The molecule has 0 atom stereocenters. The van der Waals surface area contributed by atoms with E-state index in [0.717, 1.165) is 12.1 Å². The minimum absolute atomic E-state index is 0.0673. The lowest BCUT2D eigenvalue weighted by molar-refractivity contribution is -0.288. The molecule has 0 amide bonds. The van der Waals surface area contributed by atoms with Crippen molar-refractivity contribution in [2.24, 2.45) is 0 Å². The number of ketones is 1. The molecule has 0 fully saturated rings. The SMILES string of the molecule is O=C(c1ccccc1)c1ccc(C(c2ccc(F)cc2)(C(F)(F)F)C(F)(F)F)cc1. The van der Waals surface area contributed by atoms with Crippen LogP contribution in [0.15, 0.2) is 78.9 Å². The van der Waals surface area contributed by atoms with Gasteiger partial charge >= 0.3 is 12.4 Å². The number of hydrogen-bond donors (Lipinski definition) is 0. The van der Waals surface area contributed by atoms with E-state index in [-0.39, 0.29) is 11.1 Å². The maximum atomic E-state index is 14.0. The van der Waals surface area contributed by atoms with Crippen LogP contribution in [0, 0.1) is 5.82 Å². The second-order valence-electron chi connectivity index (χ2n) is 6.52. The molecule has 3 aromatic carbocycles. The van der Waals surface area contributed by atoms with E-state index in [4.69, 9.17) is 0 Å². The first-order valence-electron chi connectivity index (χ1n) is 8.58. The van der Waals surface area contributed by atoms with Crippen LogP contribution in [0.5, 0.6) is 0 Å². The average molecular weight is 426 g/mol. The van der Waals surface area contributed by atoms with Crippen LogP contribution in [0.4, 0.5) is 30.7 Å². The average Bonchev–Trinajstić information content (AvgIpc) is 2.68. The number of hydrogen-bond acceptors (Lipinski definition) is 1. The minimum atomic E-state index is -5.78. The molecule has 8 heteroatoms. The van der Waals surface area contributed by atoms with Crippen molar-refractivity contribution in [2.45, 2.75) is 17.8 Å². The topological polar surface area (TPSA) is 17.1 Å². The zero-order chi connectivity index (χ0) is 22.2. The van der Waals surface area contributed by atoms with Gasteiger partial charge in [-0.05, 0) is 23.3 Å². The number of halogens is 7. The highest BCUT2D eigenvalue weighted by molar-refractivity contribution is 6.08. The molecule has 0 aliphatic heterocycles. The molecular weight excluding hydrogens is 413 g/mol. The summed E-state index contributed by atoms with van der Waals surface area (Å²) in [5, 5.41) is 0. The molecule has 0 aliphatic rings.